The fourth-order valence-electron chi connectivity index (χ4n) is 4.86. The van der Waals surface area contributed by atoms with E-state index < -0.39 is 0 Å². The Balaban J connectivity index is 1.40. The molecule has 0 aliphatic carbocycles. The van der Waals surface area contributed by atoms with Crippen molar-refractivity contribution in [2.45, 2.75) is 37.5 Å². The van der Waals surface area contributed by atoms with E-state index in [4.69, 9.17) is 27.6 Å². The summed E-state index contributed by atoms with van der Waals surface area (Å²) in [5, 5.41) is 24.7. The van der Waals surface area contributed by atoms with Gasteiger partial charge < -0.3 is 24.8 Å². The maximum atomic E-state index is 9.92. The molecule has 1 unspecified atom stereocenters. The number of piperidine rings is 1. The van der Waals surface area contributed by atoms with Crippen molar-refractivity contribution in [2.75, 3.05) is 37.0 Å². The average Bonchev–Trinajstić information content (AvgIpc) is 3.22. The highest BCUT2D eigenvalue weighted by Gasteiger charge is 2.42. The molecule has 8 nitrogen and oxygen atoms in total. The molecule has 3 heterocycles. The summed E-state index contributed by atoms with van der Waals surface area (Å²) in [4.78, 5) is 5.82. The van der Waals surface area contributed by atoms with E-state index in [0.717, 1.165) is 48.1 Å². The first kappa shape index (κ1) is 22.7. The van der Waals surface area contributed by atoms with E-state index in [1.165, 1.54) is 0 Å². The quantitative estimate of drug-likeness (QED) is 0.518. The number of anilines is 2. The third kappa shape index (κ3) is 4.34. The Morgan fingerprint density at radius 3 is 2.74 bits per heavy atom. The third-order valence-electron chi connectivity index (χ3n) is 6.71. The molecule has 0 amide bonds. The number of methoxy groups -OCH3 is 1. The van der Waals surface area contributed by atoms with Crippen LogP contribution in [0, 0.1) is 6.57 Å². The van der Waals surface area contributed by atoms with Gasteiger partial charge >= 0.3 is 0 Å². The molecule has 0 bridgehead atoms. The van der Waals surface area contributed by atoms with E-state index >= 15 is 0 Å². The van der Waals surface area contributed by atoms with E-state index in [2.05, 4.69) is 25.3 Å². The van der Waals surface area contributed by atoms with Crippen molar-refractivity contribution in [1.29, 1.82) is 0 Å². The minimum atomic E-state index is -0.370. The van der Waals surface area contributed by atoms with Crippen LogP contribution in [0.2, 0.25) is 5.02 Å². The maximum Gasteiger partial charge on any atom is 0.188 e. The Bertz CT molecular complexity index is 1250. The Hall–Kier alpha value is -3.12. The molecule has 2 fully saturated rings. The van der Waals surface area contributed by atoms with Crippen LogP contribution in [0.15, 0.2) is 36.4 Å². The SMILES string of the molecule is [C-]#[N+]c1ccc2c(N3CCC4(CC3)CC(O)CO4)nnc(NCc3ccc(OC)c(Cl)c3)c2c1. The van der Waals surface area contributed by atoms with Crippen molar-refractivity contribution in [3.63, 3.8) is 0 Å². The van der Waals surface area contributed by atoms with Gasteiger partial charge in [0.25, 0.3) is 0 Å². The lowest BCUT2D eigenvalue weighted by atomic mass is 9.88. The summed E-state index contributed by atoms with van der Waals surface area (Å²) in [6, 6.07) is 11.2. The smallest absolute Gasteiger partial charge is 0.188 e. The van der Waals surface area contributed by atoms with E-state index in [-0.39, 0.29) is 11.7 Å². The van der Waals surface area contributed by atoms with Crippen LogP contribution in [-0.2, 0) is 11.3 Å². The van der Waals surface area contributed by atoms with Crippen LogP contribution >= 0.6 is 11.6 Å². The number of hydrogen-bond donors (Lipinski definition) is 2. The topological polar surface area (TPSA) is 84.1 Å². The first-order chi connectivity index (χ1) is 16.5. The van der Waals surface area contributed by atoms with Crippen LogP contribution in [0.4, 0.5) is 17.3 Å². The fraction of sp³-hybridized carbons (Fsp3) is 0.400. The van der Waals surface area contributed by atoms with Crippen LogP contribution in [-0.4, -0.2) is 53.8 Å². The van der Waals surface area contributed by atoms with Gasteiger partial charge in [-0.05, 0) is 36.6 Å². The van der Waals surface area contributed by atoms with Crippen molar-refractivity contribution in [1.82, 2.24) is 10.2 Å². The molecule has 2 aliphatic heterocycles. The van der Waals surface area contributed by atoms with E-state index in [1.54, 1.807) is 7.11 Å². The van der Waals surface area contributed by atoms with E-state index in [0.29, 0.717) is 41.8 Å². The molecule has 2 aliphatic rings. The van der Waals surface area contributed by atoms with Gasteiger partial charge in [0.1, 0.15) is 5.75 Å². The van der Waals surface area contributed by atoms with Gasteiger partial charge in [-0.25, -0.2) is 4.85 Å². The second-order valence-electron chi connectivity index (χ2n) is 8.88. The number of hydrogen-bond acceptors (Lipinski definition) is 7. The monoisotopic (exact) mass is 479 g/mol. The van der Waals surface area contributed by atoms with Crippen molar-refractivity contribution in [2.24, 2.45) is 0 Å². The number of nitrogens with one attached hydrogen (secondary N) is 1. The summed E-state index contributed by atoms with van der Waals surface area (Å²) in [5.41, 5.74) is 1.30. The normalized spacial score (nSPS) is 19.4. The number of fused-ring (bicyclic) bond motifs is 1. The molecule has 2 N–H and O–H groups in total. The van der Waals surface area contributed by atoms with Crippen LogP contribution in [0.25, 0.3) is 15.6 Å². The molecule has 0 saturated carbocycles. The summed E-state index contributed by atoms with van der Waals surface area (Å²) in [5.74, 6) is 2.05. The van der Waals surface area contributed by atoms with Crippen molar-refractivity contribution in [3.8, 4) is 5.75 Å². The molecule has 3 aromatic rings. The Morgan fingerprint density at radius 2 is 2.06 bits per heavy atom. The zero-order chi connectivity index (χ0) is 23.7. The van der Waals surface area contributed by atoms with Gasteiger partial charge in [0.15, 0.2) is 17.3 Å². The summed E-state index contributed by atoms with van der Waals surface area (Å²) in [6.07, 6.45) is 2.00. The second kappa shape index (κ2) is 9.26. The van der Waals surface area contributed by atoms with Crippen LogP contribution < -0.4 is 15.0 Å². The molecule has 2 aromatic carbocycles. The molecule has 176 valence electrons. The zero-order valence-corrected chi connectivity index (χ0v) is 19.7. The van der Waals surface area contributed by atoms with Gasteiger partial charge in [-0.2, -0.15) is 0 Å². The summed E-state index contributed by atoms with van der Waals surface area (Å²) >= 11 is 6.26. The highest BCUT2D eigenvalue weighted by molar-refractivity contribution is 6.32. The molecule has 1 aromatic heterocycles. The lowest BCUT2D eigenvalue weighted by Gasteiger charge is -2.39. The maximum absolute atomic E-state index is 9.92. The number of halogens is 1. The Kier molecular flexibility index (Phi) is 6.17. The molecular weight excluding hydrogens is 454 g/mol. The molecule has 5 rings (SSSR count). The highest BCUT2D eigenvalue weighted by atomic mass is 35.5. The van der Waals surface area contributed by atoms with Crippen LogP contribution in [0.5, 0.6) is 5.75 Å². The highest BCUT2D eigenvalue weighted by Crippen LogP contribution is 2.39. The predicted octanol–water partition coefficient (Wildman–Crippen LogP) is 4.57. The summed E-state index contributed by atoms with van der Waals surface area (Å²) < 4.78 is 11.2. The largest absolute Gasteiger partial charge is 0.495 e. The predicted molar refractivity (Wildman–Crippen MR) is 132 cm³/mol. The molecule has 1 spiro atoms. The molecule has 34 heavy (non-hydrogen) atoms. The van der Waals surface area contributed by atoms with Gasteiger partial charge in [0, 0.05) is 36.8 Å². The molecular formula is C25H26ClN5O3. The van der Waals surface area contributed by atoms with Crippen molar-refractivity contribution in [3.05, 3.63) is 58.4 Å². The van der Waals surface area contributed by atoms with E-state index in [9.17, 15) is 5.11 Å². The Labute approximate surface area is 203 Å². The van der Waals surface area contributed by atoms with Crippen LogP contribution in [0.3, 0.4) is 0 Å². The van der Waals surface area contributed by atoms with Crippen molar-refractivity contribution < 1.29 is 14.6 Å². The summed E-state index contributed by atoms with van der Waals surface area (Å²) in [6.45, 7) is 9.91. The first-order valence-electron chi connectivity index (χ1n) is 11.3. The fourth-order valence-corrected chi connectivity index (χ4v) is 5.14. The lowest BCUT2D eigenvalue weighted by molar-refractivity contribution is -0.0167. The van der Waals surface area contributed by atoms with Gasteiger partial charge in [0.2, 0.25) is 0 Å². The average molecular weight is 480 g/mol. The van der Waals surface area contributed by atoms with Gasteiger partial charge in [-0.1, -0.05) is 29.8 Å². The van der Waals surface area contributed by atoms with Gasteiger partial charge in [0.05, 0.1) is 37.0 Å². The zero-order valence-electron chi connectivity index (χ0n) is 18.9. The Morgan fingerprint density at radius 1 is 1.24 bits per heavy atom. The number of aliphatic hydroxyl groups is 1. The number of benzene rings is 2. The van der Waals surface area contributed by atoms with Crippen molar-refractivity contribution >= 4 is 39.7 Å². The minimum Gasteiger partial charge on any atom is -0.495 e. The number of nitrogens with zero attached hydrogens (tertiary/aromatic N) is 4. The number of ether oxygens (including phenoxy) is 2. The van der Waals surface area contributed by atoms with E-state index in [1.807, 2.05) is 36.4 Å². The lowest BCUT2D eigenvalue weighted by Crippen LogP contribution is -2.44. The summed E-state index contributed by atoms with van der Waals surface area (Å²) in [7, 11) is 1.59. The minimum absolute atomic E-state index is 0.225. The second-order valence-corrected chi connectivity index (χ2v) is 9.28. The molecule has 0 radical (unpaired) electrons. The standard InChI is InChI=1S/C25H26ClN5O3/c1-27-17-4-5-19-20(12-17)23(28-14-16-3-6-22(33-2)21(26)11-16)29-30-24(19)31-9-7-25(8-10-31)13-18(32)15-34-25/h3-6,11-12,18,32H,7-10,13-15H2,2H3,(H,28,29). The van der Waals surface area contributed by atoms with Gasteiger partial charge in [-0.15, -0.1) is 10.2 Å². The van der Waals surface area contributed by atoms with Crippen LogP contribution in [0.1, 0.15) is 24.8 Å². The first-order valence-corrected chi connectivity index (χ1v) is 11.7. The van der Waals surface area contributed by atoms with Gasteiger partial charge in [-0.3, -0.25) is 0 Å². The molecule has 1 atom stereocenters. The number of aliphatic hydroxyl groups excluding tert-OH is 1. The number of aromatic nitrogens is 2. The molecule has 2 saturated heterocycles. The molecule has 9 heteroatoms. The third-order valence-corrected chi connectivity index (χ3v) is 7.01. The number of rotatable bonds is 5.